The Balaban J connectivity index is 1.83. The number of aryl methyl sites for hydroxylation is 1. The first-order chi connectivity index (χ1) is 14.0. The maximum atomic E-state index is 12.3. The fourth-order valence-electron chi connectivity index (χ4n) is 2.41. The summed E-state index contributed by atoms with van der Waals surface area (Å²) in [5.74, 6) is -0.725. The number of hydrogen-bond donors (Lipinski definition) is 1. The van der Waals surface area contributed by atoms with Crippen molar-refractivity contribution in [2.24, 2.45) is 0 Å². The predicted molar refractivity (Wildman–Crippen MR) is 112 cm³/mol. The van der Waals surface area contributed by atoms with Crippen LogP contribution in [-0.2, 0) is 25.7 Å². The average Bonchev–Trinajstić information content (AvgIpc) is 2.72. The van der Waals surface area contributed by atoms with Crippen LogP contribution in [0.2, 0.25) is 0 Å². The minimum atomic E-state index is -0.680. The Labute approximate surface area is 175 Å². The smallest absolute Gasteiger partial charge is 0.407 e. The minimum Gasteiger partial charge on any atom is -0.465 e. The molecule has 1 atom stereocenters. The van der Waals surface area contributed by atoms with Crippen molar-refractivity contribution in [2.45, 2.75) is 37.0 Å². The Morgan fingerprint density at radius 3 is 2.34 bits per heavy atom. The highest BCUT2D eigenvalue weighted by molar-refractivity contribution is 8.00. The number of carbonyl (C=O) groups is 3. The van der Waals surface area contributed by atoms with Crippen molar-refractivity contribution in [1.82, 2.24) is 5.32 Å². The van der Waals surface area contributed by atoms with E-state index in [0.717, 1.165) is 16.0 Å². The van der Waals surface area contributed by atoms with Crippen LogP contribution in [0, 0.1) is 6.92 Å². The Kier molecular flexibility index (Phi) is 9.24. The molecule has 0 radical (unpaired) electrons. The first-order valence-electron chi connectivity index (χ1n) is 9.34. The number of ketones is 1. The van der Waals surface area contributed by atoms with Gasteiger partial charge >= 0.3 is 12.1 Å². The second-order valence-corrected chi connectivity index (χ2v) is 7.61. The van der Waals surface area contributed by atoms with Gasteiger partial charge in [0.1, 0.15) is 11.9 Å². The van der Waals surface area contributed by atoms with Crippen LogP contribution >= 0.6 is 11.8 Å². The summed E-state index contributed by atoms with van der Waals surface area (Å²) in [7, 11) is 0. The number of ether oxygens (including phenoxy) is 2. The summed E-state index contributed by atoms with van der Waals surface area (Å²) in [6, 6.07) is 16.9. The number of Topliss-reactive ketones (excluding diaryl/α,β-unsaturated/α-hetero) is 1. The molecule has 1 N–H and O–H groups in total. The van der Waals surface area contributed by atoms with Gasteiger partial charge in [-0.25, -0.2) is 4.79 Å². The Hall–Kier alpha value is -2.80. The summed E-state index contributed by atoms with van der Waals surface area (Å²) in [5.41, 5.74) is 1.96. The van der Waals surface area contributed by atoms with E-state index in [0.29, 0.717) is 0 Å². The number of hydrogen-bond acceptors (Lipinski definition) is 6. The second-order valence-electron chi connectivity index (χ2n) is 6.33. The number of rotatable bonds is 10. The minimum absolute atomic E-state index is 0.0453. The van der Waals surface area contributed by atoms with Gasteiger partial charge in [-0.15, -0.1) is 11.8 Å². The van der Waals surface area contributed by atoms with Crippen LogP contribution in [0.3, 0.4) is 0 Å². The van der Waals surface area contributed by atoms with Crippen LogP contribution in [0.4, 0.5) is 4.79 Å². The highest BCUT2D eigenvalue weighted by Crippen LogP contribution is 2.27. The molecule has 2 aromatic rings. The van der Waals surface area contributed by atoms with Gasteiger partial charge < -0.3 is 14.8 Å². The Bertz CT molecular complexity index is 808. The molecule has 6 nitrogen and oxygen atoms in total. The molecule has 154 valence electrons. The third-order valence-electron chi connectivity index (χ3n) is 3.90. The molecule has 0 aliphatic rings. The predicted octanol–water partition coefficient (Wildman–Crippen LogP) is 3.90. The van der Waals surface area contributed by atoms with Gasteiger partial charge in [-0.2, -0.15) is 0 Å². The summed E-state index contributed by atoms with van der Waals surface area (Å²) < 4.78 is 10.2. The summed E-state index contributed by atoms with van der Waals surface area (Å²) >= 11 is 1.28. The molecule has 0 bridgehead atoms. The maximum absolute atomic E-state index is 12.3. The molecule has 1 unspecified atom stereocenters. The van der Waals surface area contributed by atoms with Crippen LogP contribution in [0.25, 0.3) is 0 Å². The van der Waals surface area contributed by atoms with Crippen LogP contribution < -0.4 is 5.32 Å². The van der Waals surface area contributed by atoms with E-state index in [1.807, 2.05) is 61.5 Å². The summed E-state index contributed by atoms with van der Waals surface area (Å²) in [6.07, 6.45) is -0.725. The van der Waals surface area contributed by atoms with E-state index >= 15 is 0 Å². The van der Waals surface area contributed by atoms with Crippen molar-refractivity contribution in [3.05, 3.63) is 65.7 Å². The van der Waals surface area contributed by atoms with E-state index in [1.54, 1.807) is 6.92 Å². The second kappa shape index (κ2) is 11.9. The van der Waals surface area contributed by atoms with Crippen LogP contribution in [0.1, 0.15) is 24.5 Å². The summed E-state index contributed by atoms with van der Waals surface area (Å²) in [5, 5.41) is 1.75. The Morgan fingerprint density at radius 2 is 1.69 bits per heavy atom. The van der Waals surface area contributed by atoms with Gasteiger partial charge in [0.05, 0.1) is 13.2 Å². The number of benzene rings is 2. The van der Waals surface area contributed by atoms with Crippen molar-refractivity contribution in [3.63, 3.8) is 0 Å². The van der Waals surface area contributed by atoms with Gasteiger partial charge in [0, 0.05) is 11.3 Å². The largest absolute Gasteiger partial charge is 0.465 e. The molecule has 0 saturated carbocycles. The van der Waals surface area contributed by atoms with E-state index in [1.165, 1.54) is 11.8 Å². The Morgan fingerprint density at radius 1 is 1.00 bits per heavy atom. The fourth-order valence-corrected chi connectivity index (χ4v) is 3.47. The summed E-state index contributed by atoms with van der Waals surface area (Å²) in [4.78, 5) is 37.2. The molecule has 0 fully saturated rings. The number of carbonyl (C=O) groups excluding carboxylic acids is 3. The molecule has 29 heavy (non-hydrogen) atoms. The van der Waals surface area contributed by atoms with Crippen molar-refractivity contribution in [3.8, 4) is 0 Å². The average molecular weight is 416 g/mol. The zero-order valence-electron chi connectivity index (χ0n) is 16.6. The molecule has 0 saturated heterocycles. The lowest BCUT2D eigenvalue weighted by Crippen LogP contribution is -2.33. The molecule has 2 rings (SSSR count). The van der Waals surface area contributed by atoms with E-state index < -0.39 is 17.3 Å². The maximum Gasteiger partial charge on any atom is 0.407 e. The summed E-state index contributed by atoms with van der Waals surface area (Å²) in [6.45, 7) is 3.84. The van der Waals surface area contributed by atoms with Gasteiger partial charge in [0.2, 0.25) is 0 Å². The quantitative estimate of drug-likeness (QED) is 0.468. The monoisotopic (exact) mass is 415 g/mol. The number of amides is 1. The molecule has 0 aliphatic carbocycles. The highest BCUT2D eigenvalue weighted by atomic mass is 32.2. The SMILES string of the molecule is CCOC(=O)C(CC(=O)CNC(=O)OCc1ccccc1)Sc1ccc(C)cc1. The lowest BCUT2D eigenvalue weighted by Gasteiger charge is -2.15. The molecule has 1 amide bonds. The van der Waals surface area contributed by atoms with Gasteiger partial charge in [0.25, 0.3) is 0 Å². The van der Waals surface area contributed by atoms with Crippen molar-refractivity contribution in [1.29, 1.82) is 0 Å². The molecule has 2 aromatic carbocycles. The lowest BCUT2D eigenvalue weighted by molar-refractivity contribution is -0.143. The van der Waals surface area contributed by atoms with Gasteiger partial charge in [-0.3, -0.25) is 9.59 Å². The van der Waals surface area contributed by atoms with Crippen molar-refractivity contribution in [2.75, 3.05) is 13.2 Å². The fraction of sp³-hybridized carbons (Fsp3) is 0.318. The van der Waals surface area contributed by atoms with E-state index in [4.69, 9.17) is 9.47 Å². The number of nitrogens with one attached hydrogen (secondary N) is 1. The highest BCUT2D eigenvalue weighted by Gasteiger charge is 2.24. The first kappa shape index (κ1) is 22.5. The number of esters is 1. The zero-order chi connectivity index (χ0) is 21.1. The standard InChI is InChI=1S/C22H25NO5S/c1-3-27-21(25)20(29-19-11-9-16(2)10-12-19)13-18(24)14-23-22(26)28-15-17-7-5-4-6-8-17/h4-12,20H,3,13-15H2,1-2H3,(H,23,26). The van der Waals surface area contributed by atoms with E-state index in [-0.39, 0.29) is 32.0 Å². The normalized spacial score (nSPS) is 11.4. The van der Waals surface area contributed by atoms with E-state index in [9.17, 15) is 14.4 Å². The lowest BCUT2D eigenvalue weighted by atomic mass is 10.2. The number of thioether (sulfide) groups is 1. The molecule has 0 aromatic heterocycles. The zero-order valence-corrected chi connectivity index (χ0v) is 17.4. The van der Waals surface area contributed by atoms with Crippen LogP contribution in [-0.4, -0.2) is 36.2 Å². The van der Waals surface area contributed by atoms with Crippen molar-refractivity contribution < 1.29 is 23.9 Å². The van der Waals surface area contributed by atoms with Crippen molar-refractivity contribution >= 4 is 29.6 Å². The topological polar surface area (TPSA) is 81.7 Å². The molecular formula is C22H25NO5S. The van der Waals surface area contributed by atoms with Gasteiger partial charge in [0.15, 0.2) is 5.78 Å². The molecule has 7 heteroatoms. The van der Waals surface area contributed by atoms with Gasteiger partial charge in [-0.1, -0.05) is 48.0 Å². The number of alkyl carbamates (subject to hydrolysis) is 1. The van der Waals surface area contributed by atoms with E-state index in [2.05, 4.69) is 5.32 Å². The van der Waals surface area contributed by atoms with Crippen LogP contribution in [0.5, 0.6) is 0 Å². The molecule has 0 spiro atoms. The third-order valence-corrected chi connectivity index (χ3v) is 5.09. The first-order valence-corrected chi connectivity index (χ1v) is 10.2. The molecule has 0 heterocycles. The molecular weight excluding hydrogens is 390 g/mol. The van der Waals surface area contributed by atoms with Crippen LogP contribution in [0.15, 0.2) is 59.5 Å². The molecule has 0 aliphatic heterocycles. The van der Waals surface area contributed by atoms with Gasteiger partial charge in [-0.05, 0) is 31.5 Å². The third kappa shape index (κ3) is 8.39.